The van der Waals surface area contributed by atoms with Gasteiger partial charge in [-0.1, -0.05) is 57.5 Å². The van der Waals surface area contributed by atoms with Gasteiger partial charge in [-0.2, -0.15) is 0 Å². The van der Waals surface area contributed by atoms with Gasteiger partial charge in [-0.25, -0.2) is 0 Å². The number of hydrogen-bond donors (Lipinski definition) is 0. The van der Waals surface area contributed by atoms with Crippen LogP contribution in [0.15, 0.2) is 47.3 Å². The highest BCUT2D eigenvalue weighted by Gasteiger charge is 2.12. The standard InChI is InChI=1S/C9H10S.C2H6/c1-4-8-6-7(3)10-9(8)5-2;1-2/h4-5H,1-3,6H2;1-2H3. The summed E-state index contributed by atoms with van der Waals surface area (Å²) in [5.41, 5.74) is 1.25. The maximum absolute atomic E-state index is 3.88. The van der Waals surface area contributed by atoms with Crippen LogP contribution in [0.2, 0.25) is 0 Å². The van der Waals surface area contributed by atoms with Gasteiger partial charge in [0.1, 0.15) is 0 Å². The fourth-order valence-electron chi connectivity index (χ4n) is 0.902. The van der Waals surface area contributed by atoms with Gasteiger partial charge in [-0.05, 0) is 10.5 Å². The maximum atomic E-state index is 3.88. The lowest BCUT2D eigenvalue weighted by molar-refractivity contribution is 1.29. The third-order valence-electron chi connectivity index (χ3n) is 1.39. The number of hydrogen-bond acceptors (Lipinski definition) is 1. The van der Waals surface area contributed by atoms with Crippen molar-refractivity contribution in [3.05, 3.63) is 47.3 Å². The van der Waals surface area contributed by atoms with Crippen LogP contribution in [0.4, 0.5) is 0 Å². The molecule has 0 N–H and O–H groups in total. The number of thioether (sulfide) groups is 1. The Balaban J connectivity index is 0.000000561. The molecular formula is C11H16S. The lowest BCUT2D eigenvalue weighted by Crippen LogP contribution is -1.70. The van der Waals surface area contributed by atoms with Crippen molar-refractivity contribution in [2.45, 2.75) is 20.3 Å². The molecule has 0 aromatic heterocycles. The summed E-state index contributed by atoms with van der Waals surface area (Å²) in [7, 11) is 0. The minimum Gasteiger partial charge on any atom is -0.0987 e. The molecule has 66 valence electrons. The summed E-state index contributed by atoms with van der Waals surface area (Å²) in [6, 6.07) is 0. The average molecular weight is 180 g/mol. The molecule has 1 heteroatoms. The Morgan fingerprint density at radius 3 is 2.17 bits per heavy atom. The zero-order valence-corrected chi connectivity index (χ0v) is 8.71. The second-order valence-corrected chi connectivity index (χ2v) is 3.34. The van der Waals surface area contributed by atoms with Gasteiger partial charge < -0.3 is 0 Å². The average Bonchev–Trinajstić information content (AvgIpc) is 2.49. The molecule has 0 spiro atoms. The van der Waals surface area contributed by atoms with Crippen LogP contribution in [0.5, 0.6) is 0 Å². The molecule has 0 bridgehead atoms. The Labute approximate surface area is 79.8 Å². The highest BCUT2D eigenvalue weighted by Crippen LogP contribution is 2.40. The van der Waals surface area contributed by atoms with Crippen LogP contribution in [0.3, 0.4) is 0 Å². The Kier molecular flexibility index (Phi) is 5.56. The van der Waals surface area contributed by atoms with Crippen molar-refractivity contribution >= 4 is 11.8 Å². The smallest absolute Gasteiger partial charge is 0.0148 e. The van der Waals surface area contributed by atoms with E-state index >= 15 is 0 Å². The molecule has 0 radical (unpaired) electrons. The third-order valence-corrected chi connectivity index (χ3v) is 2.47. The van der Waals surface area contributed by atoms with E-state index in [1.165, 1.54) is 15.4 Å². The normalized spacial score (nSPS) is 15.3. The molecule has 0 unspecified atom stereocenters. The molecule has 1 aliphatic heterocycles. The van der Waals surface area contributed by atoms with Crippen molar-refractivity contribution in [1.82, 2.24) is 0 Å². The first-order chi connectivity index (χ1) is 5.77. The van der Waals surface area contributed by atoms with Crippen molar-refractivity contribution in [2.75, 3.05) is 0 Å². The highest BCUT2D eigenvalue weighted by molar-refractivity contribution is 8.07. The quantitative estimate of drug-likeness (QED) is 0.611. The van der Waals surface area contributed by atoms with Gasteiger partial charge in [0.25, 0.3) is 0 Å². The van der Waals surface area contributed by atoms with E-state index in [-0.39, 0.29) is 0 Å². The van der Waals surface area contributed by atoms with Crippen LogP contribution < -0.4 is 0 Å². The summed E-state index contributed by atoms with van der Waals surface area (Å²) in [6.45, 7) is 15.3. The van der Waals surface area contributed by atoms with Crippen LogP contribution >= 0.6 is 11.8 Å². The summed E-state index contributed by atoms with van der Waals surface area (Å²) >= 11 is 1.69. The zero-order valence-electron chi connectivity index (χ0n) is 7.89. The molecule has 1 rings (SSSR count). The highest BCUT2D eigenvalue weighted by atomic mass is 32.2. The summed E-state index contributed by atoms with van der Waals surface area (Å²) in [5.74, 6) is 0. The van der Waals surface area contributed by atoms with E-state index in [1.807, 2.05) is 26.0 Å². The summed E-state index contributed by atoms with van der Waals surface area (Å²) in [4.78, 5) is 2.39. The molecule has 0 saturated carbocycles. The number of rotatable bonds is 2. The minimum atomic E-state index is 0.954. The molecule has 0 saturated heterocycles. The van der Waals surface area contributed by atoms with E-state index in [0.717, 1.165) is 6.42 Å². The van der Waals surface area contributed by atoms with E-state index in [2.05, 4.69) is 19.7 Å². The van der Waals surface area contributed by atoms with Gasteiger partial charge in [0.15, 0.2) is 0 Å². The summed E-state index contributed by atoms with van der Waals surface area (Å²) in [5, 5.41) is 0. The van der Waals surface area contributed by atoms with Gasteiger partial charge in [-0.15, -0.1) is 0 Å². The third kappa shape index (κ3) is 2.74. The fourth-order valence-corrected chi connectivity index (χ4v) is 1.81. The van der Waals surface area contributed by atoms with Crippen molar-refractivity contribution < 1.29 is 0 Å². The van der Waals surface area contributed by atoms with Gasteiger partial charge in [0, 0.05) is 11.3 Å². The van der Waals surface area contributed by atoms with Gasteiger partial charge in [-0.3, -0.25) is 0 Å². The predicted octanol–water partition coefficient (Wildman–Crippen LogP) is 4.29. The Morgan fingerprint density at radius 1 is 1.25 bits per heavy atom. The first kappa shape index (κ1) is 11.3. The van der Waals surface area contributed by atoms with Gasteiger partial charge >= 0.3 is 0 Å². The zero-order chi connectivity index (χ0) is 9.56. The molecule has 0 nitrogen and oxygen atoms in total. The molecular weight excluding hydrogens is 164 g/mol. The Bertz CT molecular complexity index is 199. The molecule has 0 atom stereocenters. The lowest BCUT2D eigenvalue weighted by Gasteiger charge is -1.90. The van der Waals surface area contributed by atoms with E-state index in [9.17, 15) is 0 Å². The monoisotopic (exact) mass is 180 g/mol. The van der Waals surface area contributed by atoms with Crippen molar-refractivity contribution in [1.29, 1.82) is 0 Å². The van der Waals surface area contributed by atoms with Crippen LogP contribution in [-0.2, 0) is 0 Å². The van der Waals surface area contributed by atoms with Crippen LogP contribution in [-0.4, -0.2) is 0 Å². The van der Waals surface area contributed by atoms with Crippen molar-refractivity contribution in [3.8, 4) is 0 Å². The second-order valence-electron chi connectivity index (χ2n) is 2.12. The largest absolute Gasteiger partial charge is 0.0987 e. The van der Waals surface area contributed by atoms with Crippen molar-refractivity contribution in [3.63, 3.8) is 0 Å². The molecule has 1 aliphatic rings. The predicted molar refractivity (Wildman–Crippen MR) is 60.1 cm³/mol. The molecule has 0 amide bonds. The van der Waals surface area contributed by atoms with Gasteiger partial charge in [0.2, 0.25) is 0 Å². The van der Waals surface area contributed by atoms with Crippen LogP contribution in [0, 0.1) is 0 Å². The molecule has 0 fully saturated rings. The molecule has 12 heavy (non-hydrogen) atoms. The summed E-state index contributed by atoms with van der Waals surface area (Å²) in [6.07, 6.45) is 4.69. The minimum absolute atomic E-state index is 0.954. The van der Waals surface area contributed by atoms with Crippen LogP contribution in [0.1, 0.15) is 20.3 Å². The summed E-state index contributed by atoms with van der Waals surface area (Å²) < 4.78 is 0. The first-order valence-corrected chi connectivity index (χ1v) is 4.93. The first-order valence-electron chi connectivity index (χ1n) is 4.11. The van der Waals surface area contributed by atoms with E-state index < -0.39 is 0 Å². The van der Waals surface area contributed by atoms with Crippen LogP contribution in [0.25, 0.3) is 0 Å². The molecule has 0 aromatic carbocycles. The Hall–Kier alpha value is -0.690. The second kappa shape index (κ2) is 5.90. The molecule has 0 aromatic rings. The fraction of sp³-hybridized carbons (Fsp3) is 0.273. The molecule has 0 aliphatic carbocycles. The Morgan fingerprint density at radius 2 is 1.83 bits per heavy atom. The topological polar surface area (TPSA) is 0 Å². The number of allylic oxidation sites excluding steroid dienone is 4. The van der Waals surface area contributed by atoms with Crippen molar-refractivity contribution in [2.24, 2.45) is 0 Å². The van der Waals surface area contributed by atoms with E-state index in [0.29, 0.717) is 0 Å². The van der Waals surface area contributed by atoms with Gasteiger partial charge in [0.05, 0.1) is 0 Å². The van der Waals surface area contributed by atoms with E-state index in [4.69, 9.17) is 0 Å². The SMILES string of the molecule is C=CC1=C(C=C)SC(=C)C1.CC. The van der Waals surface area contributed by atoms with E-state index in [1.54, 1.807) is 11.8 Å². The lowest BCUT2D eigenvalue weighted by atomic mass is 10.2. The molecule has 1 heterocycles. The maximum Gasteiger partial charge on any atom is 0.0148 e.